The summed E-state index contributed by atoms with van der Waals surface area (Å²) in [5.41, 5.74) is 1.64. The molecule has 5 nitrogen and oxygen atoms in total. The van der Waals surface area contributed by atoms with Gasteiger partial charge in [0, 0.05) is 32.2 Å². The van der Waals surface area contributed by atoms with E-state index in [1.165, 1.54) is 31.2 Å². The number of ether oxygens (including phenoxy) is 2. The standard InChI is InChI=1S/C21H35N3O2/c1-3-22-20(23-14-9-15-26-17-16-25-2)24-18-21(12-7-8-13-21)19-10-5-4-6-11-19/h4-6,10-11H,3,7-9,12-18H2,1-2H3,(H2,22,23,24). The van der Waals surface area contributed by atoms with E-state index in [0.29, 0.717) is 13.2 Å². The first-order valence-corrected chi connectivity index (χ1v) is 9.95. The van der Waals surface area contributed by atoms with Crippen LogP contribution in [0.25, 0.3) is 0 Å². The number of hydrogen-bond acceptors (Lipinski definition) is 3. The molecular formula is C21H35N3O2. The number of benzene rings is 1. The Bertz CT molecular complexity index is 513. The van der Waals surface area contributed by atoms with E-state index in [0.717, 1.165) is 38.6 Å². The number of guanidine groups is 1. The highest BCUT2D eigenvalue weighted by Gasteiger charge is 2.35. The van der Waals surface area contributed by atoms with Gasteiger partial charge < -0.3 is 20.1 Å². The zero-order valence-electron chi connectivity index (χ0n) is 16.4. The van der Waals surface area contributed by atoms with Crippen molar-refractivity contribution in [3.05, 3.63) is 35.9 Å². The van der Waals surface area contributed by atoms with Gasteiger partial charge in [-0.1, -0.05) is 43.2 Å². The zero-order valence-corrected chi connectivity index (χ0v) is 16.4. The molecule has 0 amide bonds. The molecule has 1 fully saturated rings. The van der Waals surface area contributed by atoms with Crippen molar-refractivity contribution in [1.29, 1.82) is 0 Å². The van der Waals surface area contributed by atoms with Crippen LogP contribution in [0, 0.1) is 0 Å². The summed E-state index contributed by atoms with van der Waals surface area (Å²) in [7, 11) is 1.69. The second-order valence-corrected chi connectivity index (χ2v) is 6.93. The number of aliphatic imine (C=N–C) groups is 1. The van der Waals surface area contributed by atoms with Crippen LogP contribution in [0.5, 0.6) is 0 Å². The van der Waals surface area contributed by atoms with Crippen molar-refractivity contribution in [2.75, 3.05) is 46.6 Å². The summed E-state index contributed by atoms with van der Waals surface area (Å²) in [6.45, 7) is 6.73. The van der Waals surface area contributed by atoms with Crippen LogP contribution in [0.15, 0.2) is 35.3 Å². The fraction of sp³-hybridized carbons (Fsp3) is 0.667. The lowest BCUT2D eigenvalue weighted by atomic mass is 9.79. The largest absolute Gasteiger partial charge is 0.382 e. The summed E-state index contributed by atoms with van der Waals surface area (Å²) < 4.78 is 10.5. The molecule has 1 saturated carbocycles. The van der Waals surface area contributed by atoms with E-state index in [-0.39, 0.29) is 5.41 Å². The molecule has 1 aliphatic rings. The number of rotatable bonds is 11. The third-order valence-electron chi connectivity index (χ3n) is 5.02. The quantitative estimate of drug-likeness (QED) is 0.361. The predicted octanol–water partition coefficient (Wildman–Crippen LogP) is 3.11. The Hall–Kier alpha value is -1.59. The van der Waals surface area contributed by atoms with Gasteiger partial charge in [0.1, 0.15) is 0 Å². The van der Waals surface area contributed by atoms with Crippen molar-refractivity contribution in [2.45, 2.75) is 44.4 Å². The number of nitrogens with one attached hydrogen (secondary N) is 2. The second-order valence-electron chi connectivity index (χ2n) is 6.93. The molecule has 0 radical (unpaired) electrons. The van der Waals surface area contributed by atoms with Crippen molar-refractivity contribution in [2.24, 2.45) is 4.99 Å². The molecule has 0 spiro atoms. The van der Waals surface area contributed by atoms with Crippen LogP contribution in [0.3, 0.4) is 0 Å². The lowest BCUT2D eigenvalue weighted by molar-refractivity contribution is 0.0698. The fourth-order valence-corrected chi connectivity index (χ4v) is 3.58. The van der Waals surface area contributed by atoms with Gasteiger partial charge >= 0.3 is 0 Å². The Morgan fingerprint density at radius 1 is 1.08 bits per heavy atom. The molecule has 0 saturated heterocycles. The average molecular weight is 362 g/mol. The molecule has 1 aromatic rings. The molecule has 2 rings (SSSR count). The monoisotopic (exact) mass is 361 g/mol. The van der Waals surface area contributed by atoms with Crippen LogP contribution in [0.2, 0.25) is 0 Å². The molecule has 0 bridgehead atoms. The smallest absolute Gasteiger partial charge is 0.191 e. The molecule has 2 N–H and O–H groups in total. The molecule has 1 aliphatic carbocycles. The molecule has 1 aromatic carbocycles. The first-order valence-electron chi connectivity index (χ1n) is 9.95. The van der Waals surface area contributed by atoms with Crippen LogP contribution in [0.1, 0.15) is 44.6 Å². The van der Waals surface area contributed by atoms with E-state index in [1.807, 2.05) is 0 Å². The highest BCUT2D eigenvalue weighted by Crippen LogP contribution is 2.41. The van der Waals surface area contributed by atoms with Crippen LogP contribution < -0.4 is 10.6 Å². The van der Waals surface area contributed by atoms with Crippen molar-refractivity contribution in [1.82, 2.24) is 10.6 Å². The van der Waals surface area contributed by atoms with Gasteiger partial charge in [-0.25, -0.2) is 0 Å². The Balaban J connectivity index is 1.86. The Morgan fingerprint density at radius 3 is 2.54 bits per heavy atom. The van der Waals surface area contributed by atoms with Crippen LogP contribution >= 0.6 is 0 Å². The summed E-state index contributed by atoms with van der Waals surface area (Å²) >= 11 is 0. The van der Waals surface area contributed by atoms with Crippen molar-refractivity contribution < 1.29 is 9.47 Å². The van der Waals surface area contributed by atoms with Gasteiger partial charge in [0.15, 0.2) is 5.96 Å². The fourth-order valence-electron chi connectivity index (χ4n) is 3.58. The van der Waals surface area contributed by atoms with Crippen molar-refractivity contribution in [3.63, 3.8) is 0 Å². The van der Waals surface area contributed by atoms with E-state index in [1.54, 1.807) is 7.11 Å². The van der Waals surface area contributed by atoms with Crippen molar-refractivity contribution in [3.8, 4) is 0 Å². The third-order valence-corrected chi connectivity index (χ3v) is 5.02. The average Bonchev–Trinajstić information content (AvgIpc) is 3.16. The van der Waals surface area contributed by atoms with E-state index in [4.69, 9.17) is 14.5 Å². The molecule has 0 unspecified atom stereocenters. The van der Waals surface area contributed by atoms with Crippen LogP contribution in [-0.4, -0.2) is 52.5 Å². The molecule has 0 atom stereocenters. The van der Waals surface area contributed by atoms with Gasteiger partial charge in [0.25, 0.3) is 0 Å². The summed E-state index contributed by atoms with van der Waals surface area (Å²) in [5.74, 6) is 0.909. The Morgan fingerprint density at radius 2 is 1.85 bits per heavy atom. The Kier molecular flexibility index (Phi) is 9.50. The van der Waals surface area contributed by atoms with Gasteiger partial charge in [0.2, 0.25) is 0 Å². The first kappa shape index (κ1) is 20.7. The highest BCUT2D eigenvalue weighted by atomic mass is 16.5. The third kappa shape index (κ3) is 6.61. The van der Waals surface area contributed by atoms with Crippen molar-refractivity contribution >= 4 is 5.96 Å². The van der Waals surface area contributed by atoms with E-state index < -0.39 is 0 Å². The normalized spacial score (nSPS) is 16.6. The maximum Gasteiger partial charge on any atom is 0.191 e. The van der Waals surface area contributed by atoms with Gasteiger partial charge in [-0.3, -0.25) is 4.99 Å². The highest BCUT2D eigenvalue weighted by molar-refractivity contribution is 5.79. The molecular weight excluding hydrogens is 326 g/mol. The molecule has 0 aliphatic heterocycles. The van der Waals surface area contributed by atoms with Gasteiger partial charge in [-0.05, 0) is 31.7 Å². The minimum absolute atomic E-state index is 0.201. The number of hydrogen-bond donors (Lipinski definition) is 2. The number of nitrogens with zero attached hydrogens (tertiary/aromatic N) is 1. The van der Waals surface area contributed by atoms with E-state index >= 15 is 0 Å². The maximum absolute atomic E-state index is 5.51. The van der Waals surface area contributed by atoms with E-state index in [2.05, 4.69) is 47.9 Å². The van der Waals surface area contributed by atoms with Gasteiger partial charge in [-0.15, -0.1) is 0 Å². The SMILES string of the molecule is CCNC(=NCC1(c2ccccc2)CCCC1)NCCCOCCOC. The second kappa shape index (κ2) is 11.9. The predicted molar refractivity (Wildman–Crippen MR) is 108 cm³/mol. The maximum atomic E-state index is 5.51. The lowest BCUT2D eigenvalue weighted by Crippen LogP contribution is -2.39. The van der Waals surface area contributed by atoms with E-state index in [9.17, 15) is 0 Å². The first-order chi connectivity index (χ1) is 12.8. The molecule has 26 heavy (non-hydrogen) atoms. The summed E-state index contributed by atoms with van der Waals surface area (Å²) in [6, 6.07) is 10.9. The Labute approximate surface area is 158 Å². The molecule has 5 heteroatoms. The van der Waals surface area contributed by atoms with Crippen LogP contribution in [-0.2, 0) is 14.9 Å². The summed E-state index contributed by atoms with van der Waals surface area (Å²) in [6.07, 6.45) is 6.01. The van der Waals surface area contributed by atoms with Gasteiger partial charge in [0.05, 0.1) is 19.8 Å². The summed E-state index contributed by atoms with van der Waals surface area (Å²) in [5, 5.41) is 6.80. The van der Waals surface area contributed by atoms with Gasteiger partial charge in [-0.2, -0.15) is 0 Å². The molecule has 0 heterocycles. The molecule has 0 aromatic heterocycles. The number of methoxy groups -OCH3 is 1. The topological polar surface area (TPSA) is 54.9 Å². The minimum atomic E-state index is 0.201. The minimum Gasteiger partial charge on any atom is -0.382 e. The lowest BCUT2D eigenvalue weighted by Gasteiger charge is -2.28. The zero-order chi connectivity index (χ0) is 18.5. The molecule has 146 valence electrons. The summed E-state index contributed by atoms with van der Waals surface area (Å²) in [4.78, 5) is 4.92. The van der Waals surface area contributed by atoms with Crippen LogP contribution in [0.4, 0.5) is 0 Å².